The van der Waals surface area contributed by atoms with Gasteiger partial charge >= 0.3 is 6.18 Å². The molecule has 0 heterocycles. The Morgan fingerprint density at radius 3 is 1.69 bits per heavy atom. The van der Waals surface area contributed by atoms with Crippen LogP contribution in [0.3, 0.4) is 0 Å². The van der Waals surface area contributed by atoms with Crippen molar-refractivity contribution < 1.29 is 17.6 Å². The summed E-state index contributed by atoms with van der Waals surface area (Å²) in [5.74, 6) is -0.513. The fourth-order valence-corrected chi connectivity index (χ4v) is 2.87. The van der Waals surface area contributed by atoms with Crippen LogP contribution < -0.4 is 0 Å². The van der Waals surface area contributed by atoms with Crippen LogP contribution in [0.15, 0.2) is 78.9 Å². The number of alkyl halides is 3. The molecule has 0 N–H and O–H groups in total. The third-order valence-electron chi connectivity index (χ3n) is 3.86. The molecular formula is C21H13ClF4. The molecule has 0 amide bonds. The molecule has 0 aliphatic rings. The third-order valence-corrected chi connectivity index (χ3v) is 4.11. The van der Waals surface area contributed by atoms with Crippen LogP contribution in [0.2, 0.25) is 5.02 Å². The molecule has 0 bridgehead atoms. The van der Waals surface area contributed by atoms with Crippen LogP contribution >= 0.6 is 11.6 Å². The number of rotatable bonds is 3. The summed E-state index contributed by atoms with van der Waals surface area (Å²) in [6.07, 6.45) is -4.62. The summed E-state index contributed by atoms with van der Waals surface area (Å²) in [7, 11) is 0. The minimum atomic E-state index is -4.62. The van der Waals surface area contributed by atoms with Gasteiger partial charge in [0.05, 0.1) is 5.57 Å². The van der Waals surface area contributed by atoms with Crippen LogP contribution in [0.4, 0.5) is 17.6 Å². The second kappa shape index (κ2) is 7.34. The SMILES string of the molecule is Fc1ccc(/C(=C(/c2ccc(Cl)cc2)C(F)(F)F)c2ccccc2)cc1. The van der Waals surface area contributed by atoms with E-state index >= 15 is 0 Å². The van der Waals surface area contributed by atoms with Crippen molar-refractivity contribution in [2.45, 2.75) is 6.18 Å². The molecule has 0 nitrogen and oxygen atoms in total. The zero-order chi connectivity index (χ0) is 18.7. The second-order valence-electron chi connectivity index (χ2n) is 5.63. The van der Waals surface area contributed by atoms with E-state index in [1.165, 1.54) is 36.4 Å². The van der Waals surface area contributed by atoms with E-state index in [1.54, 1.807) is 30.3 Å². The average molecular weight is 377 g/mol. The van der Waals surface area contributed by atoms with Crippen molar-refractivity contribution in [2.75, 3.05) is 0 Å². The van der Waals surface area contributed by atoms with E-state index in [0.29, 0.717) is 10.6 Å². The summed E-state index contributed by atoms with van der Waals surface area (Å²) in [6.45, 7) is 0. The van der Waals surface area contributed by atoms with Crippen molar-refractivity contribution in [1.82, 2.24) is 0 Å². The fourth-order valence-electron chi connectivity index (χ4n) is 2.74. The van der Waals surface area contributed by atoms with E-state index in [2.05, 4.69) is 0 Å². The van der Waals surface area contributed by atoms with Crippen LogP contribution in [-0.2, 0) is 0 Å². The van der Waals surface area contributed by atoms with Gasteiger partial charge in [0.2, 0.25) is 0 Å². The second-order valence-corrected chi connectivity index (χ2v) is 6.06. The summed E-state index contributed by atoms with van der Waals surface area (Å²) in [5.41, 5.74) is -0.154. The van der Waals surface area contributed by atoms with E-state index in [0.717, 1.165) is 12.1 Å². The van der Waals surface area contributed by atoms with Gasteiger partial charge in [0, 0.05) is 10.6 Å². The number of hydrogen-bond donors (Lipinski definition) is 0. The van der Waals surface area contributed by atoms with Crippen molar-refractivity contribution in [2.24, 2.45) is 0 Å². The predicted octanol–water partition coefficient (Wildman–Crippen LogP) is 7.00. The standard InChI is InChI=1S/C21H13ClF4/c22-17-10-6-16(7-11-17)20(21(24,25)26)19(14-4-2-1-3-5-14)15-8-12-18(23)13-9-15/h1-13H/b20-19-. The first-order valence-electron chi connectivity index (χ1n) is 7.75. The van der Waals surface area contributed by atoms with Gasteiger partial charge in [0.25, 0.3) is 0 Å². The molecule has 3 rings (SSSR count). The molecule has 0 unspecified atom stereocenters. The summed E-state index contributed by atoms with van der Waals surface area (Å²) in [6, 6.07) is 18.7. The molecule has 5 heteroatoms. The van der Waals surface area contributed by atoms with Gasteiger partial charge in [-0.2, -0.15) is 13.2 Å². The van der Waals surface area contributed by atoms with Crippen LogP contribution in [0.5, 0.6) is 0 Å². The van der Waals surface area contributed by atoms with Gasteiger partial charge in [0.15, 0.2) is 0 Å². The topological polar surface area (TPSA) is 0 Å². The molecule has 0 saturated heterocycles. The molecule has 0 radical (unpaired) electrons. The van der Waals surface area contributed by atoms with Gasteiger partial charge < -0.3 is 0 Å². The maximum Gasteiger partial charge on any atom is 0.417 e. The highest BCUT2D eigenvalue weighted by Gasteiger charge is 2.38. The average Bonchev–Trinajstić information content (AvgIpc) is 2.61. The molecule has 0 spiro atoms. The fraction of sp³-hybridized carbons (Fsp3) is 0.0476. The number of hydrogen-bond acceptors (Lipinski definition) is 0. The highest BCUT2D eigenvalue weighted by molar-refractivity contribution is 6.30. The van der Waals surface area contributed by atoms with Crippen LogP contribution in [-0.4, -0.2) is 6.18 Å². The molecule has 0 fully saturated rings. The minimum absolute atomic E-state index is 0.00919. The molecule has 3 aromatic carbocycles. The van der Waals surface area contributed by atoms with E-state index in [-0.39, 0.29) is 16.7 Å². The molecule has 0 saturated carbocycles. The normalized spacial score (nSPS) is 12.7. The smallest absolute Gasteiger partial charge is 0.207 e. The first kappa shape index (κ1) is 18.2. The maximum absolute atomic E-state index is 14.0. The van der Waals surface area contributed by atoms with Gasteiger partial charge in [-0.1, -0.05) is 66.2 Å². The summed E-state index contributed by atoms with van der Waals surface area (Å²) < 4.78 is 55.4. The molecule has 3 aromatic rings. The number of halogens is 5. The van der Waals surface area contributed by atoms with Crippen LogP contribution in [0.1, 0.15) is 16.7 Å². The van der Waals surface area contributed by atoms with E-state index in [9.17, 15) is 17.6 Å². The Bertz CT molecular complexity index is 909. The Labute approximate surface area is 153 Å². The Morgan fingerprint density at radius 1 is 0.654 bits per heavy atom. The lowest BCUT2D eigenvalue weighted by molar-refractivity contribution is -0.0685. The largest absolute Gasteiger partial charge is 0.417 e. The molecule has 0 aromatic heterocycles. The zero-order valence-corrected chi connectivity index (χ0v) is 14.2. The Hall–Kier alpha value is -2.59. The Balaban J connectivity index is 2.36. The van der Waals surface area contributed by atoms with Crippen molar-refractivity contribution in [3.05, 3.63) is 106 Å². The molecule has 0 atom stereocenters. The van der Waals surface area contributed by atoms with Crippen LogP contribution in [0, 0.1) is 5.82 Å². The van der Waals surface area contributed by atoms with Gasteiger partial charge in [-0.25, -0.2) is 4.39 Å². The number of benzene rings is 3. The lowest BCUT2D eigenvalue weighted by Crippen LogP contribution is -2.14. The quantitative estimate of drug-likeness (QED) is 0.341. The summed E-state index contributed by atoms with van der Waals surface area (Å²) >= 11 is 5.82. The van der Waals surface area contributed by atoms with E-state index in [4.69, 9.17) is 11.6 Å². The predicted molar refractivity (Wildman–Crippen MR) is 96.3 cm³/mol. The summed E-state index contributed by atoms with van der Waals surface area (Å²) in [5, 5.41) is 0.346. The highest BCUT2D eigenvalue weighted by Crippen LogP contribution is 2.42. The van der Waals surface area contributed by atoms with Crippen molar-refractivity contribution in [3.8, 4) is 0 Å². The monoisotopic (exact) mass is 376 g/mol. The van der Waals surface area contributed by atoms with Crippen molar-refractivity contribution in [3.63, 3.8) is 0 Å². The molecule has 0 aliphatic carbocycles. The summed E-state index contributed by atoms with van der Waals surface area (Å²) in [4.78, 5) is 0. The molecule has 26 heavy (non-hydrogen) atoms. The number of allylic oxidation sites excluding steroid dienone is 1. The van der Waals surface area contributed by atoms with Gasteiger partial charge in [-0.3, -0.25) is 0 Å². The minimum Gasteiger partial charge on any atom is -0.207 e. The third kappa shape index (κ3) is 3.97. The van der Waals surface area contributed by atoms with Gasteiger partial charge in [0.1, 0.15) is 5.82 Å². The van der Waals surface area contributed by atoms with E-state index in [1.807, 2.05) is 0 Å². The Morgan fingerprint density at radius 2 is 1.15 bits per heavy atom. The van der Waals surface area contributed by atoms with Gasteiger partial charge in [-0.05, 0) is 41.0 Å². The van der Waals surface area contributed by atoms with Crippen LogP contribution in [0.25, 0.3) is 11.1 Å². The first-order valence-corrected chi connectivity index (χ1v) is 8.13. The maximum atomic E-state index is 14.0. The lowest BCUT2D eigenvalue weighted by atomic mass is 9.89. The highest BCUT2D eigenvalue weighted by atomic mass is 35.5. The Kier molecular flexibility index (Phi) is 5.14. The van der Waals surface area contributed by atoms with Gasteiger partial charge in [-0.15, -0.1) is 0 Å². The zero-order valence-electron chi connectivity index (χ0n) is 13.4. The first-order chi connectivity index (χ1) is 12.4. The lowest BCUT2D eigenvalue weighted by Gasteiger charge is -2.19. The molecular weight excluding hydrogens is 364 g/mol. The van der Waals surface area contributed by atoms with Crippen molar-refractivity contribution >= 4 is 22.7 Å². The molecule has 0 aliphatic heterocycles. The molecule has 132 valence electrons. The van der Waals surface area contributed by atoms with Crippen molar-refractivity contribution in [1.29, 1.82) is 0 Å². The van der Waals surface area contributed by atoms with E-state index < -0.39 is 17.6 Å².